The summed E-state index contributed by atoms with van der Waals surface area (Å²) in [6.07, 6.45) is 2.89. The van der Waals surface area contributed by atoms with E-state index in [4.69, 9.17) is 0 Å². The van der Waals surface area contributed by atoms with Gasteiger partial charge in [0.15, 0.2) is 0 Å². The number of hydrogen-bond donors (Lipinski definition) is 0. The maximum Gasteiger partial charge on any atom is 0.282 e. The summed E-state index contributed by atoms with van der Waals surface area (Å²) >= 11 is 3.10. The van der Waals surface area contributed by atoms with Crippen LogP contribution in [0.4, 0.5) is 0 Å². The lowest BCUT2D eigenvalue weighted by Crippen LogP contribution is -1.96. The van der Waals surface area contributed by atoms with E-state index in [-0.39, 0.29) is 5.70 Å². The molecule has 3 nitrogen and oxygen atoms in total. The molecule has 0 N–H and O–H groups in total. The summed E-state index contributed by atoms with van der Waals surface area (Å²) in [6, 6.07) is 0. The minimum atomic E-state index is -0.476. The van der Waals surface area contributed by atoms with E-state index < -0.39 is 4.92 Å². The van der Waals surface area contributed by atoms with Crippen molar-refractivity contribution in [3.05, 3.63) is 44.6 Å². The summed E-state index contributed by atoms with van der Waals surface area (Å²) < 4.78 is 0.447. The Morgan fingerprint density at radius 3 is 2.07 bits per heavy atom. The third-order valence-electron chi connectivity index (χ3n) is 1.05. The van der Waals surface area contributed by atoms with E-state index >= 15 is 0 Å². The maximum atomic E-state index is 10.4. The normalized spacial score (nSPS) is 10.4. The van der Waals surface area contributed by atoms with E-state index in [1.54, 1.807) is 6.08 Å². The maximum absolute atomic E-state index is 10.4. The average Bonchev–Trinajstić information content (AvgIpc) is 2.06. The van der Waals surface area contributed by atoms with Crippen LogP contribution >= 0.6 is 15.9 Å². The number of nitrogens with zero attached hydrogens (tertiary/aromatic N) is 1. The number of allylic oxidation sites excluding steroid dienone is 4. The van der Waals surface area contributed by atoms with Crippen molar-refractivity contribution in [2.75, 3.05) is 0 Å². The third-order valence-corrected chi connectivity index (χ3v) is 1.69. The quantitative estimate of drug-likeness (QED) is 0.437. The summed E-state index contributed by atoms with van der Waals surface area (Å²) in [5.41, 5.74) is 0.972. The molecule has 0 unspecified atom stereocenters. The molecule has 0 saturated heterocycles. The van der Waals surface area contributed by atoms with Gasteiger partial charge in [-0.2, -0.15) is 0 Å². The molecule has 0 fully saturated rings. The summed E-state index contributed by atoms with van der Waals surface area (Å²) in [6.45, 7) is 11.1. The molecule has 0 bridgehead atoms. The highest BCUT2D eigenvalue weighted by Gasteiger charge is 2.09. The zero-order valence-electron chi connectivity index (χ0n) is 9.00. The smallest absolute Gasteiger partial charge is 0.258 e. The van der Waals surface area contributed by atoms with Crippen molar-refractivity contribution < 1.29 is 4.92 Å². The molecule has 0 aromatic heterocycles. The highest BCUT2D eigenvalue weighted by Crippen LogP contribution is 2.16. The predicted molar refractivity (Wildman–Crippen MR) is 63.9 cm³/mol. The van der Waals surface area contributed by atoms with Crippen molar-refractivity contribution in [1.82, 2.24) is 0 Å². The zero-order chi connectivity index (χ0) is 11.7. The summed E-state index contributed by atoms with van der Waals surface area (Å²) in [5, 5.41) is 10.4. The van der Waals surface area contributed by atoms with Gasteiger partial charge in [-0.3, -0.25) is 10.1 Å². The molecule has 0 spiro atoms. The zero-order valence-corrected chi connectivity index (χ0v) is 10.6. The molecule has 0 rings (SSSR count). The van der Waals surface area contributed by atoms with Crippen LogP contribution in [0.3, 0.4) is 0 Å². The van der Waals surface area contributed by atoms with Gasteiger partial charge in [0, 0.05) is 6.08 Å². The Hall–Kier alpha value is -0.900. The third kappa shape index (κ3) is 6.60. The topological polar surface area (TPSA) is 43.1 Å². The Morgan fingerprint density at radius 1 is 1.43 bits per heavy atom. The van der Waals surface area contributed by atoms with Crippen LogP contribution in [-0.2, 0) is 0 Å². The Labute approximate surface area is 93.5 Å². The number of rotatable bonds is 3. The second-order valence-electron chi connectivity index (χ2n) is 2.42. The predicted octanol–water partition coefficient (Wildman–Crippen LogP) is 4.05. The van der Waals surface area contributed by atoms with Crippen LogP contribution in [0.5, 0.6) is 0 Å². The highest BCUT2D eigenvalue weighted by molar-refractivity contribution is 9.11. The molecule has 14 heavy (non-hydrogen) atoms. The average molecular weight is 262 g/mol. The van der Waals surface area contributed by atoms with Crippen LogP contribution in [0, 0.1) is 10.1 Å². The van der Waals surface area contributed by atoms with Gasteiger partial charge < -0.3 is 0 Å². The van der Waals surface area contributed by atoms with Gasteiger partial charge in [-0.05, 0) is 35.9 Å². The van der Waals surface area contributed by atoms with E-state index in [1.165, 1.54) is 6.08 Å². The molecule has 0 radical (unpaired) electrons. The Balaban J connectivity index is 0. The Kier molecular flexibility index (Phi) is 9.66. The largest absolute Gasteiger partial charge is 0.282 e. The lowest BCUT2D eigenvalue weighted by Gasteiger charge is -1.93. The van der Waals surface area contributed by atoms with E-state index in [0.717, 1.165) is 5.57 Å². The van der Waals surface area contributed by atoms with Crippen LogP contribution < -0.4 is 0 Å². The molecule has 0 atom stereocenters. The van der Waals surface area contributed by atoms with Crippen LogP contribution in [0.2, 0.25) is 0 Å². The SMILES string of the molecule is C=C/C(=C(/Br)C=C(C)C)[N+](=O)[O-].CC. The van der Waals surface area contributed by atoms with E-state index in [2.05, 4.69) is 22.5 Å². The van der Waals surface area contributed by atoms with Crippen LogP contribution in [0.1, 0.15) is 27.7 Å². The van der Waals surface area contributed by atoms with Gasteiger partial charge in [-0.25, -0.2) is 0 Å². The first-order chi connectivity index (χ1) is 6.49. The lowest BCUT2D eigenvalue weighted by atomic mass is 10.3. The Morgan fingerprint density at radius 2 is 1.86 bits per heavy atom. The molecule has 80 valence electrons. The summed E-state index contributed by atoms with van der Waals surface area (Å²) in [4.78, 5) is 9.89. The molecule has 0 aliphatic heterocycles. The van der Waals surface area contributed by atoms with Gasteiger partial charge in [0.25, 0.3) is 5.70 Å². The highest BCUT2D eigenvalue weighted by atomic mass is 79.9. The fraction of sp³-hybridized carbons (Fsp3) is 0.400. The van der Waals surface area contributed by atoms with E-state index in [0.29, 0.717) is 4.48 Å². The van der Waals surface area contributed by atoms with Crippen molar-refractivity contribution in [3.63, 3.8) is 0 Å². The summed E-state index contributed by atoms with van der Waals surface area (Å²) in [5.74, 6) is 0. The van der Waals surface area contributed by atoms with Crippen molar-refractivity contribution in [2.24, 2.45) is 0 Å². The van der Waals surface area contributed by atoms with Gasteiger partial charge in [0.1, 0.15) is 0 Å². The van der Waals surface area contributed by atoms with E-state index in [9.17, 15) is 10.1 Å². The van der Waals surface area contributed by atoms with Gasteiger partial charge in [0.2, 0.25) is 0 Å². The van der Waals surface area contributed by atoms with Crippen molar-refractivity contribution in [1.29, 1.82) is 0 Å². The number of hydrogen-bond acceptors (Lipinski definition) is 2. The second-order valence-corrected chi connectivity index (χ2v) is 3.27. The lowest BCUT2D eigenvalue weighted by molar-refractivity contribution is -0.419. The first-order valence-corrected chi connectivity index (χ1v) is 5.10. The molecule has 0 saturated carbocycles. The van der Waals surface area contributed by atoms with Gasteiger partial charge in [0.05, 0.1) is 9.41 Å². The molecule has 0 aromatic rings. The van der Waals surface area contributed by atoms with Crippen molar-refractivity contribution in [3.8, 4) is 0 Å². The molecule has 0 heterocycles. The fourth-order valence-electron chi connectivity index (χ4n) is 0.587. The number of nitro groups is 1. The monoisotopic (exact) mass is 261 g/mol. The minimum Gasteiger partial charge on any atom is -0.258 e. The van der Waals surface area contributed by atoms with Gasteiger partial charge in [-0.15, -0.1) is 0 Å². The Bertz CT molecular complexity index is 263. The molecular formula is C10H16BrNO2. The van der Waals surface area contributed by atoms with Crippen molar-refractivity contribution in [2.45, 2.75) is 27.7 Å². The van der Waals surface area contributed by atoms with Crippen LogP contribution in [0.15, 0.2) is 34.5 Å². The molecule has 0 amide bonds. The fourth-order valence-corrected chi connectivity index (χ4v) is 1.35. The van der Waals surface area contributed by atoms with Gasteiger partial charge in [-0.1, -0.05) is 26.0 Å². The molecule has 0 aliphatic carbocycles. The van der Waals surface area contributed by atoms with Crippen molar-refractivity contribution >= 4 is 15.9 Å². The standard InChI is InChI=1S/C8H10BrNO2.C2H6/c1-4-8(10(11)12)7(9)5-6(2)3;1-2/h4-5H,1H2,2-3H3;1-2H3/b8-7-;. The first kappa shape index (κ1) is 15.6. The van der Waals surface area contributed by atoms with E-state index in [1.807, 2.05) is 27.7 Å². The molecule has 0 aliphatic rings. The van der Waals surface area contributed by atoms with Gasteiger partial charge >= 0.3 is 0 Å². The molecular weight excluding hydrogens is 246 g/mol. The summed E-state index contributed by atoms with van der Waals surface area (Å²) in [7, 11) is 0. The molecule has 0 aromatic carbocycles. The van der Waals surface area contributed by atoms with Crippen LogP contribution in [-0.4, -0.2) is 4.92 Å². The second kappa shape index (κ2) is 8.69. The first-order valence-electron chi connectivity index (χ1n) is 4.30. The molecule has 4 heteroatoms. The number of halogens is 1. The van der Waals surface area contributed by atoms with Crippen LogP contribution in [0.25, 0.3) is 0 Å². The minimum absolute atomic E-state index is 0.0174.